The Morgan fingerprint density at radius 1 is 1.16 bits per heavy atom. The van der Waals surface area contributed by atoms with Gasteiger partial charge in [0, 0.05) is 23.0 Å². The molecule has 25 heavy (non-hydrogen) atoms. The van der Waals surface area contributed by atoms with Crippen LogP contribution >= 0.6 is 12.2 Å². The Labute approximate surface area is 172 Å². The van der Waals surface area contributed by atoms with Crippen LogP contribution in [0.1, 0.15) is 5.69 Å². The Morgan fingerprint density at radius 3 is 2.60 bits per heavy atom. The zero-order chi connectivity index (χ0) is 17.1. The van der Waals surface area contributed by atoms with Gasteiger partial charge in [0.05, 0.1) is 23.8 Å². The first kappa shape index (κ1) is 19.5. The van der Waals surface area contributed by atoms with Crippen LogP contribution in [0.3, 0.4) is 0 Å². The fourth-order valence-electron chi connectivity index (χ4n) is 2.48. The molecule has 0 amide bonds. The first-order chi connectivity index (χ1) is 11.6. The van der Waals surface area contributed by atoms with Crippen LogP contribution in [0.5, 0.6) is 5.75 Å². The second-order valence-electron chi connectivity index (χ2n) is 5.22. The molecule has 7 heteroatoms. The molecule has 4 rings (SSSR count). The number of methoxy groups -OCH3 is 1. The number of fused-ring (bicyclic) bond motifs is 3. The number of hydrogen-bond donors (Lipinski definition) is 1. The molecule has 1 N–H and O–H groups in total. The van der Waals surface area contributed by atoms with E-state index in [-0.39, 0.29) is 29.6 Å². The third kappa shape index (κ3) is 4.22. The molecule has 5 nitrogen and oxygen atoms in total. The van der Waals surface area contributed by atoms with E-state index in [0.717, 1.165) is 22.5 Å². The van der Waals surface area contributed by atoms with Gasteiger partial charge in [0.15, 0.2) is 0 Å². The monoisotopic (exact) mass is 361 g/mol. The minimum atomic E-state index is 0. The number of pyridine rings is 2. The van der Waals surface area contributed by atoms with Crippen LogP contribution < -0.4 is 34.3 Å². The summed E-state index contributed by atoms with van der Waals surface area (Å²) < 4.78 is 6.17. The molecule has 0 unspecified atom stereocenters. The molecule has 0 aliphatic heterocycles. The summed E-state index contributed by atoms with van der Waals surface area (Å²) in [4.78, 5) is 7.66. The number of nitrogens with one attached hydrogen (secondary N) is 1. The molecule has 0 fully saturated rings. The Balaban J connectivity index is 0.000000214. The van der Waals surface area contributed by atoms with Crippen LogP contribution in [-0.2, 0) is 0 Å². The number of hydrogen-bond acceptors (Lipinski definition) is 4. The average molecular weight is 361 g/mol. The van der Waals surface area contributed by atoms with Gasteiger partial charge < -0.3 is 19.7 Å². The van der Waals surface area contributed by atoms with Gasteiger partial charge in [-0.15, -0.1) is 0 Å². The van der Waals surface area contributed by atoms with E-state index in [4.69, 9.17) is 4.74 Å². The van der Waals surface area contributed by atoms with E-state index in [1.165, 1.54) is 17.0 Å². The van der Waals surface area contributed by atoms with Crippen molar-refractivity contribution in [2.75, 3.05) is 7.11 Å². The number of ether oxygens (including phenoxy) is 1. The molecule has 0 aliphatic carbocycles. The Kier molecular flexibility index (Phi) is 6.61. The summed E-state index contributed by atoms with van der Waals surface area (Å²) in [6, 6.07) is 13.1. The molecule has 122 valence electrons. The summed E-state index contributed by atoms with van der Waals surface area (Å²) in [6.45, 7) is 2.01. The minimum absolute atomic E-state index is 0. The minimum Gasteiger partial charge on any atom is -0.805 e. The Bertz CT molecular complexity index is 1060. The molecule has 4 aromatic rings. The van der Waals surface area contributed by atoms with Crippen molar-refractivity contribution in [3.63, 3.8) is 0 Å². The summed E-state index contributed by atoms with van der Waals surface area (Å²) in [5.41, 5.74) is 3.21. The molecule has 0 radical (unpaired) electrons. The maximum atomic E-state index is 10.4. The summed E-state index contributed by atoms with van der Waals surface area (Å²) in [5, 5.41) is 12.9. The molecule has 0 saturated heterocycles. The van der Waals surface area contributed by atoms with Crippen molar-refractivity contribution in [3.8, 4) is 5.75 Å². The third-order valence-electron chi connectivity index (χ3n) is 3.71. The largest absolute Gasteiger partial charge is 1.00 e. The summed E-state index contributed by atoms with van der Waals surface area (Å²) in [5.74, 6) is 0.865. The molecule has 0 atom stereocenters. The molecule has 0 saturated carbocycles. The van der Waals surface area contributed by atoms with Crippen molar-refractivity contribution in [1.29, 1.82) is 0 Å². The van der Waals surface area contributed by atoms with Crippen LogP contribution in [-0.4, -0.2) is 21.8 Å². The number of rotatable bonds is 1. The zero-order valence-corrected chi connectivity index (χ0v) is 17.1. The molecule has 3 aromatic heterocycles. The van der Waals surface area contributed by atoms with E-state index in [1.807, 2.05) is 31.3 Å². The predicted molar refractivity (Wildman–Crippen MR) is 98.9 cm³/mol. The van der Waals surface area contributed by atoms with Crippen molar-refractivity contribution in [3.05, 3.63) is 70.4 Å². The van der Waals surface area contributed by atoms with E-state index >= 15 is 0 Å². The number of aromatic nitrogens is 3. The third-order valence-corrected chi connectivity index (χ3v) is 4.02. The molecular formula is C18H16N3NaO2S. The van der Waals surface area contributed by atoms with Crippen LogP contribution in [0.25, 0.3) is 21.8 Å². The van der Waals surface area contributed by atoms with Crippen molar-refractivity contribution in [1.82, 2.24) is 14.7 Å². The number of H-pyrrole nitrogens is 1. The maximum absolute atomic E-state index is 10.4. The molecule has 0 bridgehead atoms. The molecule has 0 spiro atoms. The molecule has 1 aromatic carbocycles. The van der Waals surface area contributed by atoms with E-state index < -0.39 is 0 Å². The van der Waals surface area contributed by atoms with Gasteiger partial charge >= 0.3 is 29.6 Å². The standard InChI is InChI=1S/C13H12N2O.C5H4NOS.Na/c1-8-13-11(5-6-14-8)10-4-3-9(16-2)7-12(10)15-13;7-6-4-2-1-3-5(6)8;/h3-7,15H,1-2H3;1-4H;/q;-1;+1. The van der Waals surface area contributed by atoms with Crippen molar-refractivity contribution >= 4 is 34.0 Å². The first-order valence-electron chi connectivity index (χ1n) is 7.36. The Morgan fingerprint density at radius 2 is 1.96 bits per heavy atom. The van der Waals surface area contributed by atoms with E-state index in [0.29, 0.717) is 9.37 Å². The summed E-state index contributed by atoms with van der Waals surface area (Å²) in [7, 11) is 1.68. The number of aryl methyl sites for hydroxylation is 1. The SMILES string of the molecule is COc1ccc2c(c1)[nH]c1c(C)nccc12.[Na+].[O-]n1ccccc1=S. The van der Waals surface area contributed by atoms with E-state index in [9.17, 15) is 5.21 Å². The first-order valence-corrected chi connectivity index (χ1v) is 7.77. The van der Waals surface area contributed by atoms with Gasteiger partial charge in [-0.2, -0.15) is 0 Å². The normalized spacial score (nSPS) is 10.0. The van der Waals surface area contributed by atoms with Crippen LogP contribution in [0.15, 0.2) is 54.9 Å². The van der Waals surface area contributed by atoms with Gasteiger partial charge in [0.2, 0.25) is 0 Å². The molecule has 3 heterocycles. The number of nitrogens with zero attached hydrogens (tertiary/aromatic N) is 2. The maximum Gasteiger partial charge on any atom is 1.00 e. The second-order valence-corrected chi connectivity index (χ2v) is 5.64. The van der Waals surface area contributed by atoms with Crippen LogP contribution in [0, 0.1) is 16.8 Å². The van der Waals surface area contributed by atoms with Gasteiger partial charge in [-0.25, -0.2) is 0 Å². The average Bonchev–Trinajstić information content (AvgIpc) is 2.97. The smallest absolute Gasteiger partial charge is 0.805 e. The zero-order valence-electron chi connectivity index (χ0n) is 14.3. The topological polar surface area (TPSA) is 65.9 Å². The van der Waals surface area contributed by atoms with Gasteiger partial charge in [-0.05, 0) is 43.5 Å². The Hall–Kier alpha value is -1.86. The molecular weight excluding hydrogens is 345 g/mol. The number of benzene rings is 1. The summed E-state index contributed by atoms with van der Waals surface area (Å²) in [6.07, 6.45) is 3.22. The van der Waals surface area contributed by atoms with Crippen LogP contribution in [0.4, 0.5) is 0 Å². The van der Waals surface area contributed by atoms with Gasteiger partial charge in [0.1, 0.15) is 10.4 Å². The van der Waals surface area contributed by atoms with Gasteiger partial charge in [0.25, 0.3) is 0 Å². The fourth-order valence-corrected chi connectivity index (χ4v) is 2.62. The fraction of sp³-hybridized carbons (Fsp3) is 0.111. The molecule has 0 aliphatic rings. The van der Waals surface area contributed by atoms with Gasteiger partial charge in [-0.3, -0.25) is 4.98 Å². The van der Waals surface area contributed by atoms with Crippen molar-refractivity contribution in [2.24, 2.45) is 0 Å². The van der Waals surface area contributed by atoms with Crippen LogP contribution in [0.2, 0.25) is 0 Å². The van der Waals surface area contributed by atoms with E-state index in [2.05, 4.69) is 28.3 Å². The van der Waals surface area contributed by atoms with Gasteiger partial charge in [-0.1, -0.05) is 18.3 Å². The predicted octanol–water partition coefficient (Wildman–Crippen LogP) is 1.60. The van der Waals surface area contributed by atoms with Crippen molar-refractivity contribution in [2.45, 2.75) is 6.92 Å². The summed E-state index contributed by atoms with van der Waals surface area (Å²) >= 11 is 4.60. The number of aromatic amines is 1. The van der Waals surface area contributed by atoms with E-state index in [1.54, 1.807) is 25.3 Å². The second kappa shape index (κ2) is 8.49. The van der Waals surface area contributed by atoms with Crippen molar-refractivity contribution < 1.29 is 34.3 Å². The quantitative estimate of drug-likeness (QED) is 0.413.